The summed E-state index contributed by atoms with van der Waals surface area (Å²) in [6.45, 7) is 2.60. The maximum Gasteiger partial charge on any atom is 0.311 e. The number of carbonyl (C=O) groups excluding carboxylic acids is 1. The number of nitrogens with one attached hydrogen (secondary N) is 1. The molecule has 130 valence electrons. The lowest BCUT2D eigenvalue weighted by atomic mass is 9.96. The van der Waals surface area contributed by atoms with Crippen LogP contribution >= 0.6 is 0 Å². The predicted molar refractivity (Wildman–Crippen MR) is 94.0 cm³/mol. The molecule has 6 heteroatoms. The van der Waals surface area contributed by atoms with Gasteiger partial charge in [-0.2, -0.15) is 0 Å². The normalized spacial score (nSPS) is 14.6. The Hall–Kier alpha value is -2.89. The van der Waals surface area contributed by atoms with Crippen LogP contribution in [0.3, 0.4) is 0 Å². The van der Waals surface area contributed by atoms with Crippen LogP contribution < -0.4 is 10.1 Å². The van der Waals surface area contributed by atoms with Gasteiger partial charge in [0, 0.05) is 23.6 Å². The third-order valence-electron chi connectivity index (χ3n) is 4.54. The summed E-state index contributed by atoms with van der Waals surface area (Å²) in [7, 11) is 0. The van der Waals surface area contributed by atoms with E-state index < -0.39 is 4.92 Å². The number of nitrogens with zero attached hydrogens (tertiary/aromatic N) is 1. The molecule has 0 atom stereocenters. The maximum atomic E-state index is 12.4. The summed E-state index contributed by atoms with van der Waals surface area (Å²) in [6, 6.07) is 14.4. The van der Waals surface area contributed by atoms with Crippen molar-refractivity contribution in [3.63, 3.8) is 0 Å². The molecular weight excluding hydrogens is 320 g/mol. The molecule has 2 aromatic rings. The van der Waals surface area contributed by atoms with Crippen LogP contribution in [0.25, 0.3) is 0 Å². The molecule has 0 unspecified atom stereocenters. The molecule has 0 saturated heterocycles. The molecule has 1 aliphatic carbocycles. The topological polar surface area (TPSA) is 81.5 Å². The molecule has 0 aliphatic heterocycles. The quantitative estimate of drug-likeness (QED) is 0.618. The van der Waals surface area contributed by atoms with Gasteiger partial charge in [0.1, 0.15) is 0 Å². The summed E-state index contributed by atoms with van der Waals surface area (Å²) in [5.41, 5.74) is 1.28. The largest absolute Gasteiger partial charge is 0.487 e. The van der Waals surface area contributed by atoms with Gasteiger partial charge in [0.25, 0.3) is 5.91 Å². The van der Waals surface area contributed by atoms with Crippen molar-refractivity contribution in [2.24, 2.45) is 0 Å². The highest BCUT2D eigenvalue weighted by Crippen LogP contribution is 2.47. The van der Waals surface area contributed by atoms with Crippen molar-refractivity contribution in [3.8, 4) is 5.75 Å². The van der Waals surface area contributed by atoms with Gasteiger partial charge < -0.3 is 10.1 Å². The van der Waals surface area contributed by atoms with E-state index in [1.807, 2.05) is 18.2 Å². The van der Waals surface area contributed by atoms with Crippen molar-refractivity contribution >= 4 is 11.6 Å². The minimum Gasteiger partial charge on any atom is -0.487 e. The van der Waals surface area contributed by atoms with E-state index >= 15 is 0 Å². The molecule has 6 nitrogen and oxygen atoms in total. The monoisotopic (exact) mass is 340 g/mol. The fraction of sp³-hybridized carbons (Fsp3) is 0.316. The molecule has 1 fully saturated rings. The first-order chi connectivity index (χ1) is 12.1. The van der Waals surface area contributed by atoms with Gasteiger partial charge in [-0.05, 0) is 37.5 Å². The third kappa shape index (κ3) is 3.63. The number of nitro benzene ring substituents is 1. The number of nitro groups is 1. The van der Waals surface area contributed by atoms with E-state index in [1.165, 1.54) is 17.7 Å². The van der Waals surface area contributed by atoms with E-state index in [9.17, 15) is 14.9 Å². The van der Waals surface area contributed by atoms with Crippen LogP contribution in [-0.2, 0) is 5.41 Å². The van der Waals surface area contributed by atoms with Gasteiger partial charge in [-0.1, -0.05) is 30.3 Å². The highest BCUT2D eigenvalue weighted by Gasteiger charge is 2.44. The minimum atomic E-state index is -0.534. The molecule has 0 aromatic heterocycles. The standard InChI is InChI=1S/C19H20N2O4/c1-2-25-17-9-8-14(12-16(17)21(23)24)18(22)20-13-19(10-11-19)15-6-4-3-5-7-15/h3-9,12H,2,10-11,13H2,1H3,(H,20,22). The van der Waals surface area contributed by atoms with Gasteiger partial charge in [-0.3, -0.25) is 14.9 Å². The Kier molecular flexibility index (Phi) is 4.70. The van der Waals surface area contributed by atoms with Crippen LogP contribution in [-0.4, -0.2) is 24.0 Å². The Balaban J connectivity index is 1.72. The molecule has 2 aromatic carbocycles. The zero-order chi connectivity index (χ0) is 17.9. The Labute approximate surface area is 146 Å². The van der Waals surface area contributed by atoms with Crippen molar-refractivity contribution in [1.82, 2.24) is 5.32 Å². The number of hydrogen-bond acceptors (Lipinski definition) is 4. The Morgan fingerprint density at radius 3 is 2.56 bits per heavy atom. The number of carbonyl (C=O) groups is 1. The van der Waals surface area contributed by atoms with Crippen molar-refractivity contribution < 1.29 is 14.5 Å². The molecule has 1 N–H and O–H groups in total. The molecular formula is C19H20N2O4. The summed E-state index contributed by atoms with van der Waals surface area (Å²) in [4.78, 5) is 23.1. The summed E-state index contributed by atoms with van der Waals surface area (Å²) < 4.78 is 5.24. The number of amides is 1. The smallest absolute Gasteiger partial charge is 0.311 e. The van der Waals surface area contributed by atoms with Crippen LogP contribution in [0.1, 0.15) is 35.7 Å². The van der Waals surface area contributed by atoms with E-state index in [4.69, 9.17) is 4.74 Å². The van der Waals surface area contributed by atoms with Crippen molar-refractivity contribution in [1.29, 1.82) is 0 Å². The molecule has 3 rings (SSSR count). The summed E-state index contributed by atoms with van der Waals surface area (Å²) in [5.74, 6) is -0.139. The minimum absolute atomic E-state index is 0.00584. The fourth-order valence-corrected chi connectivity index (χ4v) is 2.94. The zero-order valence-corrected chi connectivity index (χ0v) is 14.0. The second-order valence-corrected chi connectivity index (χ2v) is 6.20. The summed E-state index contributed by atoms with van der Waals surface area (Å²) >= 11 is 0. The Morgan fingerprint density at radius 1 is 1.24 bits per heavy atom. The first-order valence-electron chi connectivity index (χ1n) is 8.31. The van der Waals surface area contributed by atoms with Crippen LogP contribution in [0.2, 0.25) is 0 Å². The number of rotatable bonds is 7. The van der Waals surface area contributed by atoms with Crippen LogP contribution in [0.5, 0.6) is 5.75 Å². The average Bonchev–Trinajstić information content (AvgIpc) is 3.42. The average molecular weight is 340 g/mol. The van der Waals surface area contributed by atoms with Gasteiger partial charge in [-0.25, -0.2) is 0 Å². The van der Waals surface area contributed by atoms with Gasteiger partial charge in [0.2, 0.25) is 0 Å². The lowest BCUT2D eigenvalue weighted by Crippen LogP contribution is -2.32. The lowest BCUT2D eigenvalue weighted by molar-refractivity contribution is -0.385. The molecule has 1 saturated carbocycles. The maximum absolute atomic E-state index is 12.4. The van der Waals surface area contributed by atoms with E-state index in [2.05, 4.69) is 17.4 Å². The van der Waals surface area contributed by atoms with Crippen molar-refractivity contribution in [2.45, 2.75) is 25.2 Å². The first kappa shape index (κ1) is 17.0. The molecule has 0 heterocycles. The van der Waals surface area contributed by atoms with Gasteiger partial charge in [0.15, 0.2) is 5.75 Å². The van der Waals surface area contributed by atoms with Crippen molar-refractivity contribution in [3.05, 3.63) is 69.8 Å². The summed E-state index contributed by atoms with van der Waals surface area (Å²) in [5, 5.41) is 14.1. The van der Waals surface area contributed by atoms with Gasteiger partial charge in [-0.15, -0.1) is 0 Å². The van der Waals surface area contributed by atoms with Crippen molar-refractivity contribution in [2.75, 3.05) is 13.2 Å². The number of benzene rings is 2. The van der Waals surface area contributed by atoms with E-state index in [0.29, 0.717) is 13.2 Å². The highest BCUT2D eigenvalue weighted by atomic mass is 16.6. The van der Waals surface area contributed by atoms with E-state index in [-0.39, 0.29) is 28.3 Å². The van der Waals surface area contributed by atoms with E-state index in [0.717, 1.165) is 12.8 Å². The Bertz CT molecular complexity index is 785. The Morgan fingerprint density at radius 2 is 1.96 bits per heavy atom. The lowest BCUT2D eigenvalue weighted by Gasteiger charge is -2.16. The SMILES string of the molecule is CCOc1ccc(C(=O)NCC2(c3ccccc3)CC2)cc1[N+](=O)[O-]. The van der Waals surface area contributed by atoms with Crippen LogP contribution in [0.15, 0.2) is 48.5 Å². The third-order valence-corrected chi connectivity index (χ3v) is 4.54. The number of hydrogen-bond donors (Lipinski definition) is 1. The molecule has 0 bridgehead atoms. The second-order valence-electron chi connectivity index (χ2n) is 6.20. The van der Waals surface area contributed by atoms with Crippen LogP contribution in [0, 0.1) is 10.1 Å². The molecule has 1 aliphatic rings. The van der Waals surface area contributed by atoms with Gasteiger partial charge >= 0.3 is 5.69 Å². The molecule has 0 spiro atoms. The zero-order valence-electron chi connectivity index (χ0n) is 14.0. The first-order valence-corrected chi connectivity index (χ1v) is 8.31. The highest BCUT2D eigenvalue weighted by molar-refractivity contribution is 5.95. The van der Waals surface area contributed by atoms with Gasteiger partial charge in [0.05, 0.1) is 11.5 Å². The predicted octanol–water partition coefficient (Wildman–Crippen LogP) is 3.46. The molecule has 0 radical (unpaired) electrons. The summed E-state index contributed by atoms with van der Waals surface area (Å²) in [6.07, 6.45) is 2.06. The fourth-order valence-electron chi connectivity index (χ4n) is 2.94. The second kappa shape index (κ2) is 6.93. The number of ether oxygens (including phenoxy) is 1. The molecule has 1 amide bonds. The van der Waals surface area contributed by atoms with E-state index in [1.54, 1.807) is 13.0 Å². The molecule has 25 heavy (non-hydrogen) atoms. The van der Waals surface area contributed by atoms with Crippen LogP contribution in [0.4, 0.5) is 5.69 Å².